The van der Waals surface area contributed by atoms with Gasteiger partial charge in [-0.25, -0.2) is 0 Å². The van der Waals surface area contributed by atoms with Crippen LogP contribution in [0.5, 0.6) is 0 Å². The van der Waals surface area contributed by atoms with Gasteiger partial charge in [-0.3, -0.25) is 9.59 Å². The van der Waals surface area contributed by atoms with E-state index in [2.05, 4.69) is 5.32 Å². The second-order valence-corrected chi connectivity index (χ2v) is 5.11. The van der Waals surface area contributed by atoms with E-state index in [9.17, 15) is 9.59 Å². The number of furan rings is 1. The Bertz CT molecular complexity index is 661. The summed E-state index contributed by atoms with van der Waals surface area (Å²) in [6.07, 6.45) is 0.515. The number of carboxylic acids is 1. The number of aliphatic carboxylic acids is 1. The summed E-state index contributed by atoms with van der Waals surface area (Å²) in [6.45, 7) is 3.74. The summed E-state index contributed by atoms with van der Waals surface area (Å²) in [7, 11) is 0. The van der Waals surface area contributed by atoms with Crippen LogP contribution in [0, 0.1) is 6.92 Å². The molecule has 22 heavy (non-hydrogen) atoms. The van der Waals surface area contributed by atoms with Crippen LogP contribution < -0.4 is 5.32 Å². The van der Waals surface area contributed by atoms with Gasteiger partial charge in [0.15, 0.2) is 5.76 Å². The summed E-state index contributed by atoms with van der Waals surface area (Å²) in [4.78, 5) is 23.4. The average molecular weight is 301 g/mol. The van der Waals surface area contributed by atoms with E-state index in [1.807, 2.05) is 31.2 Å². The quantitative estimate of drug-likeness (QED) is 0.859. The Kier molecular flexibility index (Phi) is 4.99. The molecule has 2 aromatic rings. The third-order valence-electron chi connectivity index (χ3n) is 3.41. The molecule has 1 aromatic carbocycles. The molecule has 0 radical (unpaired) electrons. The Labute approximate surface area is 129 Å². The monoisotopic (exact) mass is 301 g/mol. The van der Waals surface area contributed by atoms with E-state index in [0.29, 0.717) is 6.42 Å². The number of aryl methyl sites for hydroxylation is 2. The highest BCUT2D eigenvalue weighted by Crippen LogP contribution is 2.20. The second-order valence-electron chi connectivity index (χ2n) is 5.11. The first-order chi connectivity index (χ1) is 10.5. The van der Waals surface area contributed by atoms with E-state index in [1.54, 1.807) is 19.1 Å². The van der Waals surface area contributed by atoms with Crippen LogP contribution in [0.2, 0.25) is 0 Å². The first kappa shape index (κ1) is 15.8. The van der Waals surface area contributed by atoms with Crippen molar-refractivity contribution in [1.82, 2.24) is 5.32 Å². The van der Waals surface area contributed by atoms with E-state index < -0.39 is 17.9 Å². The molecule has 116 valence electrons. The van der Waals surface area contributed by atoms with Crippen molar-refractivity contribution in [2.75, 3.05) is 0 Å². The summed E-state index contributed by atoms with van der Waals surface area (Å²) in [5.74, 6) is -0.396. The molecule has 5 nitrogen and oxygen atoms in total. The Morgan fingerprint density at radius 1 is 1.27 bits per heavy atom. The zero-order valence-corrected chi connectivity index (χ0v) is 12.6. The van der Waals surface area contributed by atoms with Crippen molar-refractivity contribution >= 4 is 11.9 Å². The van der Waals surface area contributed by atoms with Gasteiger partial charge in [0.2, 0.25) is 0 Å². The van der Waals surface area contributed by atoms with Gasteiger partial charge < -0.3 is 14.8 Å². The van der Waals surface area contributed by atoms with Crippen molar-refractivity contribution in [3.63, 3.8) is 0 Å². The van der Waals surface area contributed by atoms with Gasteiger partial charge in [-0.1, -0.05) is 37.3 Å². The molecule has 0 saturated heterocycles. The van der Waals surface area contributed by atoms with E-state index in [0.717, 1.165) is 16.9 Å². The van der Waals surface area contributed by atoms with Gasteiger partial charge in [0.25, 0.3) is 5.91 Å². The van der Waals surface area contributed by atoms with Gasteiger partial charge in [0.05, 0.1) is 12.5 Å². The summed E-state index contributed by atoms with van der Waals surface area (Å²) < 4.78 is 5.51. The molecular weight excluding hydrogens is 282 g/mol. The zero-order valence-electron chi connectivity index (χ0n) is 12.6. The van der Waals surface area contributed by atoms with Crippen molar-refractivity contribution in [3.05, 3.63) is 59.0 Å². The molecular formula is C17H19NO4. The smallest absolute Gasteiger partial charge is 0.305 e. The predicted octanol–water partition coefficient (Wildman–Crippen LogP) is 3.10. The summed E-state index contributed by atoms with van der Waals surface area (Å²) in [5.41, 5.74) is 1.50. The number of hydrogen-bond donors (Lipinski definition) is 2. The zero-order chi connectivity index (χ0) is 16.1. The molecule has 1 aromatic heterocycles. The third kappa shape index (κ3) is 3.75. The van der Waals surface area contributed by atoms with Gasteiger partial charge in [0.1, 0.15) is 5.76 Å². The molecule has 1 atom stereocenters. The molecule has 0 spiro atoms. The normalized spacial score (nSPS) is 11.9. The lowest BCUT2D eigenvalue weighted by Gasteiger charge is -2.16. The molecule has 1 heterocycles. The van der Waals surface area contributed by atoms with Crippen molar-refractivity contribution in [2.45, 2.75) is 32.7 Å². The van der Waals surface area contributed by atoms with E-state index in [1.165, 1.54) is 0 Å². The minimum atomic E-state index is -0.973. The average Bonchev–Trinajstić information content (AvgIpc) is 2.88. The number of amides is 1. The van der Waals surface area contributed by atoms with Crippen LogP contribution in [0.4, 0.5) is 0 Å². The Balaban J connectivity index is 2.21. The molecule has 1 amide bonds. The third-order valence-corrected chi connectivity index (χ3v) is 3.41. The van der Waals surface area contributed by atoms with Crippen LogP contribution >= 0.6 is 0 Å². The number of carboxylic acid groups (broad SMARTS) is 1. The highest BCUT2D eigenvalue weighted by molar-refractivity contribution is 5.93. The van der Waals surface area contributed by atoms with Gasteiger partial charge in [-0.05, 0) is 18.6 Å². The molecule has 2 N–H and O–H groups in total. The summed E-state index contributed by atoms with van der Waals surface area (Å²) in [6, 6.07) is 10.3. The van der Waals surface area contributed by atoms with Crippen molar-refractivity contribution in [2.24, 2.45) is 0 Å². The number of carbonyl (C=O) groups excluding carboxylic acids is 1. The van der Waals surface area contributed by atoms with Crippen LogP contribution in [-0.2, 0) is 11.2 Å². The Morgan fingerprint density at radius 3 is 2.50 bits per heavy atom. The fourth-order valence-electron chi connectivity index (χ4n) is 2.28. The molecule has 5 heteroatoms. The first-order valence-corrected chi connectivity index (χ1v) is 7.18. The van der Waals surface area contributed by atoms with Gasteiger partial charge in [-0.15, -0.1) is 0 Å². The van der Waals surface area contributed by atoms with Crippen molar-refractivity contribution in [3.8, 4) is 0 Å². The Hall–Kier alpha value is -2.56. The summed E-state index contributed by atoms with van der Waals surface area (Å²) >= 11 is 0. The maximum absolute atomic E-state index is 12.4. The van der Waals surface area contributed by atoms with E-state index >= 15 is 0 Å². The van der Waals surface area contributed by atoms with Crippen LogP contribution in [0.3, 0.4) is 0 Å². The number of rotatable bonds is 6. The molecule has 0 aliphatic heterocycles. The van der Waals surface area contributed by atoms with Gasteiger partial charge in [-0.2, -0.15) is 0 Å². The van der Waals surface area contributed by atoms with Crippen molar-refractivity contribution < 1.29 is 19.1 Å². The van der Waals surface area contributed by atoms with Gasteiger partial charge in [0, 0.05) is 12.0 Å². The number of hydrogen-bond acceptors (Lipinski definition) is 3. The summed E-state index contributed by atoms with van der Waals surface area (Å²) in [5, 5.41) is 11.8. The second kappa shape index (κ2) is 6.93. The van der Waals surface area contributed by atoms with E-state index in [-0.39, 0.29) is 12.2 Å². The van der Waals surface area contributed by atoms with Crippen LogP contribution in [0.1, 0.15) is 46.8 Å². The van der Waals surface area contributed by atoms with Crippen LogP contribution in [0.15, 0.2) is 40.8 Å². The number of nitrogens with one attached hydrogen (secondary N) is 1. The van der Waals surface area contributed by atoms with Crippen LogP contribution in [0.25, 0.3) is 0 Å². The van der Waals surface area contributed by atoms with Crippen molar-refractivity contribution in [1.29, 1.82) is 0 Å². The topological polar surface area (TPSA) is 79.5 Å². The fourth-order valence-corrected chi connectivity index (χ4v) is 2.28. The number of benzene rings is 1. The fraction of sp³-hybridized carbons (Fsp3) is 0.294. The molecule has 0 aliphatic carbocycles. The number of carbonyl (C=O) groups is 2. The largest absolute Gasteiger partial charge is 0.481 e. The lowest BCUT2D eigenvalue weighted by atomic mass is 10.0. The first-order valence-electron chi connectivity index (χ1n) is 7.18. The molecule has 0 saturated carbocycles. The molecule has 0 unspecified atom stereocenters. The maximum Gasteiger partial charge on any atom is 0.305 e. The SMILES string of the molecule is CCc1cc(C)c(C(=O)N[C@@H](CC(=O)O)c2ccccc2)o1. The molecule has 2 rings (SSSR count). The minimum absolute atomic E-state index is 0.184. The maximum atomic E-state index is 12.4. The minimum Gasteiger partial charge on any atom is -0.481 e. The highest BCUT2D eigenvalue weighted by atomic mass is 16.4. The molecule has 0 fully saturated rings. The predicted molar refractivity (Wildman–Crippen MR) is 81.7 cm³/mol. The lowest BCUT2D eigenvalue weighted by Crippen LogP contribution is -2.30. The lowest BCUT2D eigenvalue weighted by molar-refractivity contribution is -0.137. The molecule has 0 bridgehead atoms. The molecule has 0 aliphatic rings. The highest BCUT2D eigenvalue weighted by Gasteiger charge is 2.22. The van der Waals surface area contributed by atoms with Crippen LogP contribution in [-0.4, -0.2) is 17.0 Å². The Morgan fingerprint density at radius 2 is 1.95 bits per heavy atom. The van der Waals surface area contributed by atoms with E-state index in [4.69, 9.17) is 9.52 Å². The van der Waals surface area contributed by atoms with Gasteiger partial charge >= 0.3 is 5.97 Å². The standard InChI is InChI=1S/C17H19NO4/c1-3-13-9-11(2)16(22-13)17(21)18-14(10-15(19)20)12-7-5-4-6-8-12/h4-9,14H,3,10H2,1-2H3,(H,18,21)(H,19,20)/t14-/m0/s1.